The maximum atomic E-state index is 12.6. The Bertz CT molecular complexity index is 396. The summed E-state index contributed by atoms with van der Waals surface area (Å²) in [5.41, 5.74) is 6.75. The number of pyridine rings is 1. The van der Waals surface area contributed by atoms with E-state index >= 15 is 0 Å². The zero-order chi connectivity index (χ0) is 11.4. The van der Waals surface area contributed by atoms with Crippen LogP contribution in [-0.4, -0.2) is 4.98 Å². The van der Waals surface area contributed by atoms with Gasteiger partial charge in [0, 0.05) is 12.7 Å². The van der Waals surface area contributed by atoms with E-state index in [1.54, 1.807) is 6.92 Å². The number of rotatable bonds is 3. The number of alkyl halides is 2. The van der Waals surface area contributed by atoms with Gasteiger partial charge in [0.15, 0.2) is 0 Å². The summed E-state index contributed by atoms with van der Waals surface area (Å²) in [7, 11) is 0. The number of hydrogen-bond acceptors (Lipinski definition) is 3. The van der Waals surface area contributed by atoms with E-state index in [-0.39, 0.29) is 24.2 Å². The SMILES string of the molecule is Cc1cnc(C(F)F)c(CC#N)c1CN. The fourth-order valence-electron chi connectivity index (χ4n) is 1.46. The van der Waals surface area contributed by atoms with E-state index in [2.05, 4.69) is 4.98 Å². The molecule has 3 nitrogen and oxygen atoms in total. The van der Waals surface area contributed by atoms with E-state index < -0.39 is 6.43 Å². The summed E-state index contributed by atoms with van der Waals surface area (Å²) in [6.45, 7) is 1.89. The highest BCUT2D eigenvalue weighted by atomic mass is 19.3. The van der Waals surface area contributed by atoms with E-state index in [0.717, 1.165) is 5.56 Å². The molecule has 0 aromatic carbocycles. The lowest BCUT2D eigenvalue weighted by molar-refractivity contribution is 0.145. The molecular formula is C10H11F2N3. The molecule has 1 aromatic heterocycles. The van der Waals surface area contributed by atoms with Crippen molar-refractivity contribution in [3.05, 3.63) is 28.6 Å². The summed E-state index contributed by atoms with van der Waals surface area (Å²) in [5.74, 6) is 0. The van der Waals surface area contributed by atoms with Crippen LogP contribution >= 0.6 is 0 Å². The molecular weight excluding hydrogens is 200 g/mol. The largest absolute Gasteiger partial charge is 0.326 e. The number of aryl methyl sites for hydroxylation is 1. The van der Waals surface area contributed by atoms with Crippen LogP contribution in [0.15, 0.2) is 6.20 Å². The lowest BCUT2D eigenvalue weighted by atomic mass is 10.00. The lowest BCUT2D eigenvalue weighted by Crippen LogP contribution is -2.09. The van der Waals surface area contributed by atoms with Gasteiger partial charge in [-0.25, -0.2) is 8.78 Å². The third-order valence-electron chi connectivity index (χ3n) is 2.21. The predicted octanol–water partition coefficient (Wildman–Crippen LogP) is 1.85. The molecule has 1 heterocycles. The number of nitrogens with zero attached hydrogens (tertiary/aromatic N) is 2. The molecule has 1 rings (SSSR count). The standard InChI is InChI=1S/C10H11F2N3/c1-6-5-15-9(10(11)12)7(2-3-13)8(6)4-14/h5,10H,2,4,14H2,1H3. The minimum absolute atomic E-state index is 0.0825. The Morgan fingerprint density at radius 2 is 2.20 bits per heavy atom. The molecule has 0 saturated carbocycles. The zero-order valence-corrected chi connectivity index (χ0v) is 8.30. The molecule has 0 amide bonds. The van der Waals surface area contributed by atoms with Crippen LogP contribution in [0.3, 0.4) is 0 Å². The van der Waals surface area contributed by atoms with Crippen LogP contribution in [0.4, 0.5) is 8.78 Å². The van der Waals surface area contributed by atoms with Crippen LogP contribution in [-0.2, 0) is 13.0 Å². The van der Waals surface area contributed by atoms with Crippen molar-refractivity contribution in [2.45, 2.75) is 26.3 Å². The van der Waals surface area contributed by atoms with Crippen molar-refractivity contribution in [1.82, 2.24) is 4.98 Å². The smallest absolute Gasteiger partial charge is 0.280 e. The van der Waals surface area contributed by atoms with Crippen molar-refractivity contribution in [3.8, 4) is 6.07 Å². The van der Waals surface area contributed by atoms with Gasteiger partial charge in [-0.3, -0.25) is 4.98 Å². The molecule has 1 aromatic rings. The minimum atomic E-state index is -2.67. The van der Waals surface area contributed by atoms with Gasteiger partial charge in [0.2, 0.25) is 0 Å². The van der Waals surface area contributed by atoms with Gasteiger partial charge >= 0.3 is 0 Å². The van der Waals surface area contributed by atoms with E-state index in [1.807, 2.05) is 6.07 Å². The Morgan fingerprint density at radius 3 is 2.67 bits per heavy atom. The van der Waals surface area contributed by atoms with Crippen LogP contribution < -0.4 is 5.73 Å². The number of nitrogens with two attached hydrogens (primary N) is 1. The Hall–Kier alpha value is -1.54. The number of aromatic nitrogens is 1. The fraction of sp³-hybridized carbons (Fsp3) is 0.400. The molecule has 0 spiro atoms. The summed E-state index contributed by atoms with van der Waals surface area (Å²) >= 11 is 0. The molecule has 0 fully saturated rings. The van der Waals surface area contributed by atoms with Crippen molar-refractivity contribution in [3.63, 3.8) is 0 Å². The topological polar surface area (TPSA) is 62.7 Å². The Balaban J connectivity index is 3.36. The quantitative estimate of drug-likeness (QED) is 0.829. The first kappa shape index (κ1) is 11.5. The maximum Gasteiger partial charge on any atom is 0.280 e. The normalized spacial score (nSPS) is 10.4. The van der Waals surface area contributed by atoms with Crippen LogP contribution in [0.1, 0.15) is 28.8 Å². The third kappa shape index (κ3) is 2.28. The highest BCUT2D eigenvalue weighted by Crippen LogP contribution is 2.25. The van der Waals surface area contributed by atoms with Gasteiger partial charge in [0.05, 0.1) is 12.5 Å². The first-order chi connectivity index (χ1) is 7.11. The van der Waals surface area contributed by atoms with Gasteiger partial charge in [-0.05, 0) is 23.6 Å². The summed E-state index contributed by atoms with van der Waals surface area (Å²) in [6, 6.07) is 1.85. The Kier molecular flexibility index (Phi) is 3.69. The maximum absolute atomic E-state index is 12.6. The van der Waals surface area contributed by atoms with Crippen LogP contribution in [0.25, 0.3) is 0 Å². The first-order valence-electron chi connectivity index (χ1n) is 4.44. The van der Waals surface area contributed by atoms with Gasteiger partial charge < -0.3 is 5.73 Å². The monoisotopic (exact) mass is 211 g/mol. The molecule has 15 heavy (non-hydrogen) atoms. The van der Waals surface area contributed by atoms with Gasteiger partial charge in [0.25, 0.3) is 6.43 Å². The van der Waals surface area contributed by atoms with Crippen LogP contribution in [0, 0.1) is 18.3 Å². The molecule has 0 bridgehead atoms. The molecule has 0 atom stereocenters. The second kappa shape index (κ2) is 4.80. The molecule has 5 heteroatoms. The molecule has 0 aliphatic heterocycles. The summed E-state index contributed by atoms with van der Waals surface area (Å²) in [6.07, 6.45) is -1.38. The van der Waals surface area contributed by atoms with Gasteiger partial charge in [-0.2, -0.15) is 5.26 Å². The van der Waals surface area contributed by atoms with E-state index in [4.69, 9.17) is 11.0 Å². The van der Waals surface area contributed by atoms with Crippen molar-refractivity contribution in [1.29, 1.82) is 5.26 Å². The zero-order valence-electron chi connectivity index (χ0n) is 8.30. The van der Waals surface area contributed by atoms with E-state index in [9.17, 15) is 8.78 Å². The number of halogens is 2. The highest BCUT2D eigenvalue weighted by molar-refractivity contribution is 5.38. The number of hydrogen-bond donors (Lipinski definition) is 1. The van der Waals surface area contributed by atoms with Crippen LogP contribution in [0.5, 0.6) is 0 Å². The van der Waals surface area contributed by atoms with E-state index in [0.29, 0.717) is 5.56 Å². The molecule has 0 saturated heterocycles. The van der Waals surface area contributed by atoms with Crippen molar-refractivity contribution in [2.75, 3.05) is 0 Å². The second-order valence-corrected chi connectivity index (χ2v) is 3.12. The third-order valence-corrected chi connectivity index (χ3v) is 2.21. The van der Waals surface area contributed by atoms with E-state index in [1.165, 1.54) is 6.20 Å². The summed E-state index contributed by atoms with van der Waals surface area (Å²) < 4.78 is 25.2. The molecule has 0 unspecified atom stereocenters. The Morgan fingerprint density at radius 1 is 1.53 bits per heavy atom. The molecule has 0 aliphatic carbocycles. The molecule has 0 radical (unpaired) electrons. The minimum Gasteiger partial charge on any atom is -0.326 e. The average Bonchev–Trinajstić information content (AvgIpc) is 2.18. The highest BCUT2D eigenvalue weighted by Gasteiger charge is 2.18. The molecule has 80 valence electrons. The Labute approximate surface area is 86.5 Å². The van der Waals surface area contributed by atoms with Crippen LogP contribution in [0.2, 0.25) is 0 Å². The number of nitriles is 1. The predicted molar refractivity (Wildman–Crippen MR) is 51.1 cm³/mol. The van der Waals surface area contributed by atoms with Crippen molar-refractivity contribution < 1.29 is 8.78 Å². The van der Waals surface area contributed by atoms with Gasteiger partial charge in [-0.15, -0.1) is 0 Å². The summed E-state index contributed by atoms with van der Waals surface area (Å²) in [4.78, 5) is 3.65. The molecule has 0 aliphatic rings. The van der Waals surface area contributed by atoms with Crippen molar-refractivity contribution >= 4 is 0 Å². The fourth-order valence-corrected chi connectivity index (χ4v) is 1.46. The van der Waals surface area contributed by atoms with Crippen molar-refractivity contribution in [2.24, 2.45) is 5.73 Å². The lowest BCUT2D eigenvalue weighted by Gasteiger charge is -2.12. The van der Waals surface area contributed by atoms with Gasteiger partial charge in [0.1, 0.15) is 5.69 Å². The first-order valence-corrected chi connectivity index (χ1v) is 4.44. The molecule has 2 N–H and O–H groups in total. The second-order valence-electron chi connectivity index (χ2n) is 3.12. The summed E-state index contributed by atoms with van der Waals surface area (Å²) in [5, 5.41) is 8.57. The average molecular weight is 211 g/mol. The van der Waals surface area contributed by atoms with Gasteiger partial charge in [-0.1, -0.05) is 0 Å².